The first-order valence-corrected chi connectivity index (χ1v) is 14.8. The van der Waals surface area contributed by atoms with E-state index in [1.165, 1.54) is 24.3 Å². The van der Waals surface area contributed by atoms with Crippen LogP contribution in [0, 0.1) is 28.9 Å². The first-order chi connectivity index (χ1) is 20.3. The Kier molecular flexibility index (Phi) is 8.48. The van der Waals surface area contributed by atoms with Gasteiger partial charge in [-0.1, -0.05) is 37.8 Å². The van der Waals surface area contributed by atoms with Crippen LogP contribution >= 0.6 is 0 Å². The van der Waals surface area contributed by atoms with Crippen LogP contribution in [-0.2, 0) is 9.53 Å². The van der Waals surface area contributed by atoms with E-state index in [4.69, 9.17) is 4.74 Å². The van der Waals surface area contributed by atoms with Gasteiger partial charge < -0.3 is 19.9 Å². The van der Waals surface area contributed by atoms with Gasteiger partial charge in [-0.15, -0.1) is 0 Å². The van der Waals surface area contributed by atoms with Crippen molar-refractivity contribution in [2.75, 3.05) is 19.6 Å². The number of nitriles is 1. The van der Waals surface area contributed by atoms with Crippen LogP contribution in [0.15, 0.2) is 60.8 Å². The summed E-state index contributed by atoms with van der Waals surface area (Å²) in [7, 11) is 0. The molecule has 3 aliphatic heterocycles. The number of amides is 2. The quantitative estimate of drug-likeness (QED) is 0.466. The summed E-state index contributed by atoms with van der Waals surface area (Å²) < 4.78 is 33.2. The number of carbonyl (C=O) groups excluding carboxylic acids is 2. The molecule has 2 aromatic rings. The van der Waals surface area contributed by atoms with E-state index in [9.17, 15) is 23.6 Å². The van der Waals surface area contributed by atoms with Gasteiger partial charge >= 0.3 is 6.09 Å². The SMILES string of the molecule is C=C(C(CN1C[C@@H]2CC1C(=O)N2C(c1ccc(F)cc1)c1ccc(F)cc1)NC(=O)OC(C)(C)C)N1CC(C)CC1C#N. The molecule has 0 aliphatic carbocycles. The normalized spacial score (nSPS) is 24.4. The standard InChI is InChI=1S/C33H39F2N5O3/c1-20-14-26(16-36)39(17-20)21(2)28(37-32(42)43-33(3,4)5)19-38-18-27-15-29(38)31(41)40(27)30(22-6-10-24(34)11-7-22)23-8-12-25(35)13-9-23/h6-13,20,26-30H,2,14-15,17-19H2,1,3-5H3,(H,37,42)/t20?,26?,27-,28?,29?/m0/s1. The molecule has 0 spiro atoms. The van der Waals surface area contributed by atoms with Crippen LogP contribution in [0.1, 0.15) is 57.7 Å². The molecule has 1 N–H and O–H groups in total. The number of carbonyl (C=O) groups is 2. The molecule has 10 heteroatoms. The van der Waals surface area contributed by atoms with Gasteiger partial charge in [-0.25, -0.2) is 13.6 Å². The fourth-order valence-corrected chi connectivity index (χ4v) is 6.64. The van der Waals surface area contributed by atoms with Crippen molar-refractivity contribution in [3.8, 4) is 6.07 Å². The number of likely N-dealkylation sites (tertiary alicyclic amines) is 3. The van der Waals surface area contributed by atoms with E-state index in [0.29, 0.717) is 44.1 Å². The predicted molar refractivity (Wildman–Crippen MR) is 157 cm³/mol. The van der Waals surface area contributed by atoms with Crippen molar-refractivity contribution in [2.24, 2.45) is 5.92 Å². The van der Waals surface area contributed by atoms with Crippen molar-refractivity contribution < 1.29 is 23.1 Å². The van der Waals surface area contributed by atoms with Crippen LogP contribution in [0.3, 0.4) is 0 Å². The fourth-order valence-electron chi connectivity index (χ4n) is 6.64. The third-order valence-corrected chi connectivity index (χ3v) is 8.50. The highest BCUT2D eigenvalue weighted by atomic mass is 19.1. The van der Waals surface area contributed by atoms with Gasteiger partial charge in [-0.3, -0.25) is 9.69 Å². The molecule has 3 heterocycles. The number of benzene rings is 2. The zero-order valence-electron chi connectivity index (χ0n) is 25.1. The summed E-state index contributed by atoms with van der Waals surface area (Å²) in [6.07, 6.45) is 0.708. The number of alkyl carbamates (subject to hydrolysis) is 1. The molecule has 0 aromatic heterocycles. The Morgan fingerprint density at radius 3 is 2.16 bits per heavy atom. The number of fused-ring (bicyclic) bond motifs is 2. The van der Waals surface area contributed by atoms with Crippen LogP contribution in [-0.4, -0.2) is 76.1 Å². The average Bonchev–Trinajstić information content (AvgIpc) is 3.62. The molecule has 228 valence electrons. The van der Waals surface area contributed by atoms with Crippen LogP contribution in [0.25, 0.3) is 0 Å². The Labute approximate surface area is 251 Å². The Hall–Kier alpha value is -3.97. The Balaban J connectivity index is 1.38. The molecule has 5 rings (SSSR count). The molecule has 3 fully saturated rings. The largest absolute Gasteiger partial charge is 0.444 e. The number of piperazine rings is 1. The lowest BCUT2D eigenvalue weighted by atomic mass is 9.95. The summed E-state index contributed by atoms with van der Waals surface area (Å²) >= 11 is 0. The van der Waals surface area contributed by atoms with Crippen molar-refractivity contribution in [1.29, 1.82) is 5.26 Å². The minimum Gasteiger partial charge on any atom is -0.444 e. The van der Waals surface area contributed by atoms with E-state index in [-0.39, 0.29) is 29.6 Å². The molecule has 0 radical (unpaired) electrons. The summed E-state index contributed by atoms with van der Waals surface area (Å²) in [6.45, 7) is 13.3. The van der Waals surface area contributed by atoms with Gasteiger partial charge in [0.15, 0.2) is 0 Å². The Morgan fingerprint density at radius 1 is 1.07 bits per heavy atom. The minimum absolute atomic E-state index is 0.0822. The molecule has 3 saturated heterocycles. The number of halogens is 2. The van der Waals surface area contributed by atoms with Crippen LogP contribution in [0.4, 0.5) is 13.6 Å². The lowest BCUT2D eigenvalue weighted by Gasteiger charge is -2.41. The predicted octanol–water partition coefficient (Wildman–Crippen LogP) is 4.98. The molecule has 2 aromatic carbocycles. The number of nitrogens with zero attached hydrogens (tertiary/aromatic N) is 4. The minimum atomic E-state index is -0.702. The molecule has 3 aliphatic rings. The van der Waals surface area contributed by atoms with Crippen LogP contribution in [0.2, 0.25) is 0 Å². The summed E-state index contributed by atoms with van der Waals surface area (Å²) in [6, 6.07) is 12.4. The Bertz CT molecular complexity index is 1360. The van der Waals surface area contributed by atoms with Crippen molar-refractivity contribution >= 4 is 12.0 Å². The smallest absolute Gasteiger partial charge is 0.408 e. The van der Waals surface area contributed by atoms with Crippen molar-refractivity contribution in [2.45, 2.75) is 76.3 Å². The summed E-state index contributed by atoms with van der Waals surface area (Å²) in [5.74, 6) is -0.536. The number of hydrogen-bond acceptors (Lipinski definition) is 6. The van der Waals surface area contributed by atoms with E-state index >= 15 is 0 Å². The fraction of sp³-hybridized carbons (Fsp3) is 0.485. The van der Waals surface area contributed by atoms with Gasteiger partial charge in [0.2, 0.25) is 5.91 Å². The maximum absolute atomic E-state index is 14.0. The van der Waals surface area contributed by atoms with Gasteiger partial charge in [-0.2, -0.15) is 5.26 Å². The average molecular weight is 592 g/mol. The molecule has 2 bridgehead atoms. The third kappa shape index (κ3) is 6.52. The number of rotatable bonds is 8. The first-order valence-electron chi connectivity index (χ1n) is 14.8. The van der Waals surface area contributed by atoms with Gasteiger partial charge in [0.05, 0.1) is 24.2 Å². The van der Waals surface area contributed by atoms with Crippen molar-refractivity contribution in [1.82, 2.24) is 20.0 Å². The van der Waals surface area contributed by atoms with E-state index in [1.54, 1.807) is 45.0 Å². The molecule has 2 amide bonds. The van der Waals surface area contributed by atoms with Gasteiger partial charge in [0.25, 0.3) is 0 Å². The summed E-state index contributed by atoms with van der Waals surface area (Å²) in [5, 5.41) is 12.7. The second kappa shape index (κ2) is 12.0. The van der Waals surface area contributed by atoms with Crippen LogP contribution in [0.5, 0.6) is 0 Å². The highest BCUT2D eigenvalue weighted by Gasteiger charge is 2.53. The third-order valence-electron chi connectivity index (χ3n) is 8.50. The molecular formula is C33H39F2N5O3. The summed E-state index contributed by atoms with van der Waals surface area (Å²) in [4.78, 5) is 32.8. The molecule has 0 saturated carbocycles. The number of nitrogens with one attached hydrogen (secondary N) is 1. The van der Waals surface area contributed by atoms with Gasteiger partial charge in [-0.05, 0) is 74.9 Å². The van der Waals surface area contributed by atoms with E-state index in [1.807, 2.05) is 9.80 Å². The number of hydrogen-bond donors (Lipinski definition) is 1. The first kappa shape index (κ1) is 30.5. The maximum atomic E-state index is 14.0. The molecular weight excluding hydrogens is 552 g/mol. The highest BCUT2D eigenvalue weighted by molar-refractivity contribution is 5.86. The number of ether oxygens (including phenoxy) is 1. The molecule has 8 nitrogen and oxygen atoms in total. The maximum Gasteiger partial charge on any atom is 0.408 e. The lowest BCUT2D eigenvalue weighted by Crippen LogP contribution is -2.56. The zero-order valence-corrected chi connectivity index (χ0v) is 25.1. The van der Waals surface area contributed by atoms with Gasteiger partial charge in [0.1, 0.15) is 23.3 Å². The van der Waals surface area contributed by atoms with Crippen molar-refractivity contribution in [3.63, 3.8) is 0 Å². The second-order valence-corrected chi connectivity index (χ2v) is 12.9. The van der Waals surface area contributed by atoms with Crippen molar-refractivity contribution in [3.05, 3.63) is 83.6 Å². The molecule has 43 heavy (non-hydrogen) atoms. The van der Waals surface area contributed by atoms with E-state index in [2.05, 4.69) is 29.8 Å². The Morgan fingerprint density at radius 2 is 1.65 bits per heavy atom. The van der Waals surface area contributed by atoms with Gasteiger partial charge in [0, 0.05) is 31.4 Å². The molecule has 4 unspecified atom stereocenters. The second-order valence-electron chi connectivity index (χ2n) is 12.9. The van der Waals surface area contributed by atoms with E-state index in [0.717, 1.165) is 11.1 Å². The van der Waals surface area contributed by atoms with E-state index < -0.39 is 29.8 Å². The lowest BCUT2D eigenvalue weighted by molar-refractivity contribution is -0.138. The van der Waals surface area contributed by atoms with Crippen LogP contribution < -0.4 is 5.32 Å². The molecule has 5 atom stereocenters. The zero-order chi connectivity index (χ0) is 31.1. The summed E-state index contributed by atoms with van der Waals surface area (Å²) in [5.41, 5.74) is 1.39. The monoisotopic (exact) mass is 591 g/mol. The topological polar surface area (TPSA) is 88.9 Å². The highest BCUT2D eigenvalue weighted by Crippen LogP contribution is 2.41.